The second-order valence-electron chi connectivity index (χ2n) is 5.83. The summed E-state index contributed by atoms with van der Waals surface area (Å²) in [5, 5.41) is 3.16. The van der Waals surface area contributed by atoms with Gasteiger partial charge in [0, 0.05) is 31.3 Å². The third-order valence-electron chi connectivity index (χ3n) is 4.18. The first-order valence-corrected chi connectivity index (χ1v) is 9.41. The van der Waals surface area contributed by atoms with Crippen LogP contribution < -0.4 is 0 Å². The average molecular weight is 329 g/mol. The van der Waals surface area contributed by atoms with E-state index in [-0.39, 0.29) is 0 Å². The van der Waals surface area contributed by atoms with Crippen LogP contribution in [0.2, 0.25) is 0 Å². The number of nitrogens with zero attached hydrogens (tertiary/aromatic N) is 2. The van der Waals surface area contributed by atoms with Crippen LogP contribution in [0.4, 0.5) is 0 Å². The lowest BCUT2D eigenvalue weighted by Crippen LogP contribution is -2.31. The molecule has 0 aromatic carbocycles. The molecule has 1 atom stereocenters. The van der Waals surface area contributed by atoms with Crippen LogP contribution in [-0.2, 0) is 17.1 Å². The van der Waals surface area contributed by atoms with Crippen molar-refractivity contribution < 1.29 is 4.79 Å². The van der Waals surface area contributed by atoms with Crippen molar-refractivity contribution in [2.45, 2.75) is 57.7 Å². The minimum atomic E-state index is 0.342. The summed E-state index contributed by atoms with van der Waals surface area (Å²) in [6.07, 6.45) is 7.43. The number of likely N-dealkylation sites (tertiary alicyclic amines) is 1. The van der Waals surface area contributed by atoms with Crippen molar-refractivity contribution in [3.05, 3.63) is 16.1 Å². The number of aryl methyl sites for hydroxylation is 1. The molecule has 1 aliphatic heterocycles. The molecule has 21 heavy (non-hydrogen) atoms. The van der Waals surface area contributed by atoms with Crippen LogP contribution in [0, 0.1) is 5.92 Å². The molecule has 0 radical (unpaired) electrons. The second-order valence-corrected chi connectivity index (χ2v) is 7.04. The van der Waals surface area contributed by atoms with Gasteiger partial charge in [0.2, 0.25) is 5.91 Å². The summed E-state index contributed by atoms with van der Waals surface area (Å²) in [5.41, 5.74) is 0.963. The summed E-state index contributed by atoms with van der Waals surface area (Å²) in [7, 11) is 0. The molecule has 5 heteroatoms. The van der Waals surface area contributed by atoms with Crippen molar-refractivity contribution in [1.29, 1.82) is 0 Å². The molecule has 0 N–H and O–H groups in total. The number of thiazole rings is 1. The largest absolute Gasteiger partial charge is 0.343 e. The van der Waals surface area contributed by atoms with E-state index in [4.69, 9.17) is 11.6 Å². The van der Waals surface area contributed by atoms with Crippen LogP contribution in [0.25, 0.3) is 0 Å². The van der Waals surface area contributed by atoms with E-state index in [2.05, 4.69) is 16.8 Å². The molecule has 0 bridgehead atoms. The highest BCUT2D eigenvalue weighted by molar-refractivity contribution is 7.09. The predicted molar refractivity (Wildman–Crippen MR) is 88.8 cm³/mol. The zero-order valence-electron chi connectivity index (χ0n) is 12.8. The number of aromatic nitrogens is 1. The molecule has 1 aliphatic rings. The van der Waals surface area contributed by atoms with Crippen LogP contribution in [-0.4, -0.2) is 28.9 Å². The number of carbonyl (C=O) groups excluding carboxylic acids is 1. The molecule has 1 aromatic heterocycles. The molecule has 2 rings (SSSR count). The zero-order valence-corrected chi connectivity index (χ0v) is 14.4. The summed E-state index contributed by atoms with van der Waals surface area (Å²) in [4.78, 5) is 18.7. The zero-order chi connectivity index (χ0) is 15.1. The van der Waals surface area contributed by atoms with E-state index in [0.29, 0.717) is 11.8 Å². The van der Waals surface area contributed by atoms with Crippen molar-refractivity contribution >= 4 is 28.8 Å². The lowest BCUT2D eigenvalue weighted by Gasteiger charge is -2.20. The molecule has 0 aliphatic carbocycles. The first-order valence-electron chi connectivity index (χ1n) is 8.00. The molecule has 3 nitrogen and oxygen atoms in total. The monoisotopic (exact) mass is 328 g/mol. The third kappa shape index (κ3) is 5.26. The molecule has 118 valence electrons. The van der Waals surface area contributed by atoms with Gasteiger partial charge in [-0.2, -0.15) is 0 Å². The van der Waals surface area contributed by atoms with E-state index in [9.17, 15) is 4.79 Å². The molecule has 1 fully saturated rings. The van der Waals surface area contributed by atoms with Crippen molar-refractivity contribution in [2.75, 3.05) is 13.1 Å². The van der Waals surface area contributed by atoms with Gasteiger partial charge in [0.05, 0.1) is 16.6 Å². The molecule has 1 saturated heterocycles. The van der Waals surface area contributed by atoms with Gasteiger partial charge in [-0.25, -0.2) is 4.98 Å². The van der Waals surface area contributed by atoms with Crippen LogP contribution in [0.5, 0.6) is 0 Å². The maximum absolute atomic E-state index is 12.2. The fraction of sp³-hybridized carbons (Fsp3) is 0.750. The highest BCUT2D eigenvalue weighted by atomic mass is 35.5. The Labute approximate surface area is 136 Å². The van der Waals surface area contributed by atoms with Crippen LogP contribution in [0.3, 0.4) is 0 Å². The van der Waals surface area contributed by atoms with Gasteiger partial charge >= 0.3 is 0 Å². The fourth-order valence-corrected chi connectivity index (χ4v) is 4.04. The molecule has 2 heterocycles. The van der Waals surface area contributed by atoms with Crippen LogP contribution in [0.15, 0.2) is 5.38 Å². The van der Waals surface area contributed by atoms with Gasteiger partial charge in [-0.1, -0.05) is 19.8 Å². The van der Waals surface area contributed by atoms with Gasteiger partial charge < -0.3 is 4.90 Å². The maximum Gasteiger partial charge on any atom is 0.222 e. The van der Waals surface area contributed by atoms with E-state index >= 15 is 0 Å². The third-order valence-corrected chi connectivity index (χ3v) is 5.41. The number of rotatable bonds is 7. The summed E-state index contributed by atoms with van der Waals surface area (Å²) in [6, 6.07) is 0. The highest BCUT2D eigenvalue weighted by Crippen LogP contribution is 2.23. The Hall–Kier alpha value is -0.610. The lowest BCUT2D eigenvalue weighted by molar-refractivity contribution is -0.130. The lowest BCUT2D eigenvalue weighted by atomic mass is 9.96. The summed E-state index contributed by atoms with van der Waals surface area (Å²) >= 11 is 7.44. The van der Waals surface area contributed by atoms with E-state index in [1.165, 1.54) is 19.3 Å². The summed E-state index contributed by atoms with van der Waals surface area (Å²) < 4.78 is 0. The average Bonchev–Trinajstić information content (AvgIpc) is 2.88. The Bertz CT molecular complexity index is 449. The Balaban J connectivity index is 1.75. The first-order chi connectivity index (χ1) is 10.2. The van der Waals surface area contributed by atoms with Gasteiger partial charge in [-0.05, 0) is 25.2 Å². The van der Waals surface area contributed by atoms with Crippen molar-refractivity contribution in [3.63, 3.8) is 0 Å². The van der Waals surface area contributed by atoms with E-state index in [0.717, 1.165) is 55.4 Å². The van der Waals surface area contributed by atoms with E-state index in [1.807, 2.05) is 5.38 Å². The minimum absolute atomic E-state index is 0.342. The highest BCUT2D eigenvalue weighted by Gasteiger charge is 2.21. The normalized spacial score (nSPS) is 19.8. The van der Waals surface area contributed by atoms with Crippen molar-refractivity contribution in [3.8, 4) is 0 Å². The van der Waals surface area contributed by atoms with Crippen LogP contribution >= 0.6 is 22.9 Å². The molecule has 0 saturated carbocycles. The number of hydrogen-bond acceptors (Lipinski definition) is 3. The Morgan fingerprint density at radius 2 is 2.33 bits per heavy atom. The number of halogens is 1. The standard InChI is InChI=1S/C16H25ClN2OS/c1-2-4-13-6-7-16(20)19(10-8-13)9-3-5-15-18-14(11-17)12-21-15/h12-13H,2-11H2,1H3. The van der Waals surface area contributed by atoms with Gasteiger partial charge in [0.15, 0.2) is 0 Å². The number of hydrogen-bond donors (Lipinski definition) is 0. The maximum atomic E-state index is 12.2. The van der Waals surface area contributed by atoms with Crippen LogP contribution in [0.1, 0.15) is 56.2 Å². The van der Waals surface area contributed by atoms with Gasteiger partial charge in [-0.15, -0.1) is 22.9 Å². The predicted octanol–water partition coefficient (Wildman–Crippen LogP) is 4.24. The smallest absolute Gasteiger partial charge is 0.222 e. The summed E-state index contributed by atoms with van der Waals surface area (Å²) in [6.45, 7) is 4.04. The minimum Gasteiger partial charge on any atom is -0.343 e. The Morgan fingerprint density at radius 3 is 3.05 bits per heavy atom. The van der Waals surface area contributed by atoms with Crippen molar-refractivity contribution in [1.82, 2.24) is 9.88 Å². The number of amides is 1. The van der Waals surface area contributed by atoms with Gasteiger partial charge in [0.1, 0.15) is 0 Å². The van der Waals surface area contributed by atoms with E-state index < -0.39 is 0 Å². The SMILES string of the molecule is CCCC1CCC(=O)N(CCCc2nc(CCl)cs2)CC1. The second kappa shape index (κ2) is 8.74. The van der Waals surface area contributed by atoms with E-state index in [1.54, 1.807) is 11.3 Å². The molecular weight excluding hydrogens is 304 g/mol. The number of carbonyl (C=O) groups is 1. The molecule has 0 spiro atoms. The van der Waals surface area contributed by atoms with Gasteiger partial charge in [0.25, 0.3) is 0 Å². The topological polar surface area (TPSA) is 33.2 Å². The Kier molecular flexibility index (Phi) is 6.97. The quantitative estimate of drug-likeness (QED) is 0.701. The fourth-order valence-electron chi connectivity index (χ4n) is 2.97. The number of alkyl halides is 1. The molecular formula is C16H25ClN2OS. The molecule has 1 aromatic rings. The van der Waals surface area contributed by atoms with Gasteiger partial charge in [-0.3, -0.25) is 4.79 Å². The van der Waals surface area contributed by atoms with Crippen molar-refractivity contribution in [2.24, 2.45) is 5.92 Å². The summed E-state index contributed by atoms with van der Waals surface area (Å²) in [5.74, 6) is 1.57. The first kappa shape index (κ1) is 16.8. The molecule has 1 unspecified atom stereocenters. The molecule has 1 amide bonds. The Morgan fingerprint density at radius 1 is 1.48 bits per heavy atom.